The van der Waals surface area contributed by atoms with Crippen molar-refractivity contribution in [2.24, 2.45) is 0 Å². The maximum atomic E-state index is 13.7. The third-order valence-electron chi connectivity index (χ3n) is 7.19. The number of benzene rings is 3. The van der Waals surface area contributed by atoms with E-state index in [0.717, 1.165) is 16.3 Å². The normalized spacial score (nSPS) is 14.9. The van der Waals surface area contributed by atoms with E-state index >= 15 is 0 Å². The fourth-order valence-electron chi connectivity index (χ4n) is 4.88. The number of carbonyl (C=O) groups is 1. The van der Waals surface area contributed by atoms with Gasteiger partial charge in [0, 0.05) is 36.0 Å². The van der Waals surface area contributed by atoms with Crippen molar-refractivity contribution in [1.29, 1.82) is 0 Å². The van der Waals surface area contributed by atoms with Gasteiger partial charge in [-0.1, -0.05) is 23.7 Å². The molecule has 5 rings (SSSR count). The zero-order chi connectivity index (χ0) is 31.3. The second-order valence-corrected chi connectivity index (χ2v) is 12.4. The quantitative estimate of drug-likeness (QED) is 0.229. The average Bonchev–Trinajstić information content (AvgIpc) is 3.71. The summed E-state index contributed by atoms with van der Waals surface area (Å²) in [6.45, 7) is 0.120. The molecule has 3 aromatic carbocycles. The Morgan fingerprint density at radius 3 is 2.39 bits per heavy atom. The Labute approximate surface area is 261 Å². The van der Waals surface area contributed by atoms with Gasteiger partial charge in [-0.2, -0.15) is 4.31 Å². The number of hydrogen-bond donors (Lipinski definition) is 1. The van der Waals surface area contributed by atoms with Gasteiger partial charge in [0.25, 0.3) is 0 Å². The number of halogens is 1. The number of imidazole rings is 1. The Kier molecular flexibility index (Phi) is 9.74. The van der Waals surface area contributed by atoms with Crippen LogP contribution in [0.25, 0.3) is 16.9 Å². The molecule has 1 atom stereocenters. The molecule has 1 fully saturated rings. The van der Waals surface area contributed by atoms with Crippen LogP contribution in [0.5, 0.6) is 17.2 Å². The second-order valence-electron chi connectivity index (χ2n) is 10.0. The molecule has 0 radical (unpaired) electrons. The van der Waals surface area contributed by atoms with Gasteiger partial charge in [-0.25, -0.2) is 13.4 Å². The Hall–Kier alpha value is -4.10. The highest BCUT2D eigenvalue weighted by atomic mass is 35.5. The molecule has 1 amide bonds. The number of ether oxygens (including phenoxy) is 4. The van der Waals surface area contributed by atoms with Gasteiger partial charge in [-0.3, -0.25) is 14.7 Å². The molecule has 1 aromatic heterocycles. The molecule has 1 saturated heterocycles. The van der Waals surface area contributed by atoms with E-state index in [4.69, 9.17) is 30.5 Å². The van der Waals surface area contributed by atoms with Crippen molar-refractivity contribution in [3.05, 3.63) is 77.9 Å². The van der Waals surface area contributed by atoms with E-state index in [1.54, 1.807) is 60.3 Å². The Balaban J connectivity index is 1.47. The largest absolute Gasteiger partial charge is 0.497 e. The predicted molar refractivity (Wildman–Crippen MR) is 166 cm³/mol. The zero-order valence-electron chi connectivity index (χ0n) is 24.5. The summed E-state index contributed by atoms with van der Waals surface area (Å²) in [4.78, 5) is 18.3. The third kappa shape index (κ3) is 6.99. The highest BCUT2D eigenvalue weighted by Gasteiger charge is 2.31. The van der Waals surface area contributed by atoms with Crippen LogP contribution in [0.1, 0.15) is 12.8 Å². The highest BCUT2D eigenvalue weighted by molar-refractivity contribution is 7.89. The van der Waals surface area contributed by atoms with E-state index in [2.05, 4.69) is 10.3 Å². The van der Waals surface area contributed by atoms with Gasteiger partial charge in [0.15, 0.2) is 11.5 Å². The summed E-state index contributed by atoms with van der Waals surface area (Å²) in [5.74, 6) is 1.15. The zero-order valence-corrected chi connectivity index (χ0v) is 26.1. The number of nitrogens with zero attached hydrogens (tertiary/aromatic N) is 3. The average molecular weight is 641 g/mol. The molecule has 1 aliphatic rings. The number of rotatable bonds is 12. The smallest absolute Gasteiger partial charge is 0.243 e. The predicted octanol–water partition coefficient (Wildman–Crippen LogP) is 5.03. The van der Waals surface area contributed by atoms with Crippen molar-refractivity contribution in [3.63, 3.8) is 0 Å². The number of aromatic nitrogens is 2. The van der Waals surface area contributed by atoms with Gasteiger partial charge in [-0.05, 0) is 61.4 Å². The first-order valence-electron chi connectivity index (χ1n) is 13.8. The lowest BCUT2D eigenvalue weighted by Crippen LogP contribution is -2.42. The van der Waals surface area contributed by atoms with E-state index in [9.17, 15) is 13.2 Å². The molecule has 11 nitrogen and oxygen atoms in total. The summed E-state index contributed by atoms with van der Waals surface area (Å²) in [5.41, 5.74) is 1.97. The number of hydrogen-bond acceptors (Lipinski definition) is 8. The summed E-state index contributed by atoms with van der Waals surface area (Å²) in [6, 6.07) is 18.5. The van der Waals surface area contributed by atoms with E-state index in [-0.39, 0.29) is 23.5 Å². The molecule has 0 unspecified atom stereocenters. The minimum absolute atomic E-state index is 0.0297. The molecule has 0 spiro atoms. The first kappa shape index (κ1) is 31.3. The van der Waals surface area contributed by atoms with E-state index in [1.807, 2.05) is 12.1 Å². The molecular weight excluding hydrogens is 608 g/mol. The minimum atomic E-state index is -4.05. The van der Waals surface area contributed by atoms with E-state index in [1.165, 1.54) is 26.4 Å². The first-order valence-corrected chi connectivity index (χ1v) is 15.7. The van der Waals surface area contributed by atoms with Crippen LogP contribution in [0, 0.1) is 0 Å². The van der Waals surface area contributed by atoms with Crippen LogP contribution in [0.3, 0.4) is 0 Å². The molecule has 1 aliphatic heterocycles. The monoisotopic (exact) mass is 640 g/mol. The molecule has 232 valence electrons. The van der Waals surface area contributed by atoms with Gasteiger partial charge < -0.3 is 18.9 Å². The van der Waals surface area contributed by atoms with Crippen molar-refractivity contribution < 1.29 is 32.2 Å². The first-order chi connectivity index (χ1) is 21.2. The molecule has 2 heterocycles. The van der Waals surface area contributed by atoms with Crippen molar-refractivity contribution in [1.82, 2.24) is 13.9 Å². The Bertz CT molecular complexity index is 1700. The molecule has 4 aromatic rings. The summed E-state index contributed by atoms with van der Waals surface area (Å²) >= 11 is 6.09. The maximum absolute atomic E-state index is 13.7. The van der Waals surface area contributed by atoms with Crippen LogP contribution in [0.2, 0.25) is 5.02 Å². The van der Waals surface area contributed by atoms with E-state index in [0.29, 0.717) is 46.7 Å². The van der Waals surface area contributed by atoms with E-state index < -0.39 is 22.5 Å². The van der Waals surface area contributed by atoms with Crippen molar-refractivity contribution in [3.8, 4) is 34.2 Å². The van der Waals surface area contributed by atoms with Gasteiger partial charge in [0.1, 0.15) is 5.75 Å². The van der Waals surface area contributed by atoms with Crippen LogP contribution in [0.4, 0.5) is 5.95 Å². The van der Waals surface area contributed by atoms with Crippen LogP contribution in [0.15, 0.2) is 77.8 Å². The molecular formula is C31H33ClN4O7S. The Morgan fingerprint density at radius 2 is 1.75 bits per heavy atom. The standard InChI is InChI=1S/C31H33ClN4O7S/c1-40-24-11-13-26(14-12-24)44(38,39)35(18-25-5-4-16-43-25)20-30(37)34-31-33-27(21-6-8-22(32)9-7-21)19-36(31)23-10-15-28(41-2)29(17-23)42-3/h6-15,17,19,25H,4-5,16,18,20H2,1-3H3,(H,33,34,37)/t25-/m1/s1. The topological polar surface area (TPSA) is 121 Å². The highest BCUT2D eigenvalue weighted by Crippen LogP contribution is 2.32. The number of amides is 1. The fraction of sp³-hybridized carbons (Fsp3) is 0.290. The molecule has 0 saturated carbocycles. The number of nitrogens with one attached hydrogen (secondary N) is 1. The third-order valence-corrected chi connectivity index (χ3v) is 9.27. The van der Waals surface area contributed by atoms with Gasteiger partial charge in [-0.15, -0.1) is 0 Å². The van der Waals surface area contributed by atoms with Crippen LogP contribution >= 0.6 is 11.6 Å². The lowest BCUT2D eigenvalue weighted by Gasteiger charge is -2.24. The molecule has 1 N–H and O–H groups in total. The summed E-state index contributed by atoms with van der Waals surface area (Å²) < 4.78 is 52.1. The molecule has 44 heavy (non-hydrogen) atoms. The minimum Gasteiger partial charge on any atom is -0.497 e. The summed E-state index contributed by atoms with van der Waals surface area (Å²) in [7, 11) is 0.521. The van der Waals surface area contributed by atoms with Gasteiger partial charge in [0.2, 0.25) is 21.9 Å². The van der Waals surface area contributed by atoms with Crippen LogP contribution < -0.4 is 19.5 Å². The van der Waals surface area contributed by atoms with Crippen molar-refractivity contribution in [2.75, 3.05) is 46.3 Å². The summed E-state index contributed by atoms with van der Waals surface area (Å²) in [5, 5.41) is 3.40. The lowest BCUT2D eigenvalue weighted by molar-refractivity contribution is -0.116. The molecule has 13 heteroatoms. The lowest BCUT2D eigenvalue weighted by atomic mass is 10.2. The number of carbonyl (C=O) groups excluding carboxylic acids is 1. The van der Waals surface area contributed by atoms with Gasteiger partial charge >= 0.3 is 0 Å². The fourth-order valence-corrected chi connectivity index (χ4v) is 6.44. The van der Waals surface area contributed by atoms with Crippen LogP contribution in [-0.4, -0.2) is 75.3 Å². The summed E-state index contributed by atoms with van der Waals surface area (Å²) in [6.07, 6.45) is 2.97. The number of methoxy groups -OCH3 is 3. The number of sulfonamides is 1. The van der Waals surface area contributed by atoms with Crippen LogP contribution in [-0.2, 0) is 19.6 Å². The second kappa shape index (κ2) is 13.7. The van der Waals surface area contributed by atoms with Crippen molar-refractivity contribution >= 4 is 33.5 Å². The number of anilines is 1. The molecule has 0 bridgehead atoms. The van der Waals surface area contributed by atoms with Crippen molar-refractivity contribution in [2.45, 2.75) is 23.8 Å². The Morgan fingerprint density at radius 1 is 1.02 bits per heavy atom. The SMILES string of the molecule is COc1ccc(S(=O)(=O)N(CC(=O)Nc2nc(-c3ccc(Cl)cc3)cn2-c2ccc(OC)c(OC)c2)C[C@H]2CCCO2)cc1. The maximum Gasteiger partial charge on any atom is 0.243 e. The van der Waals surface area contributed by atoms with Gasteiger partial charge in [0.05, 0.1) is 50.3 Å². The molecule has 0 aliphatic carbocycles.